The highest BCUT2D eigenvalue weighted by Gasteiger charge is 2.17. The van der Waals surface area contributed by atoms with Gasteiger partial charge in [0.05, 0.1) is 11.8 Å². The molecule has 20 heavy (non-hydrogen) atoms. The van der Waals surface area contributed by atoms with Crippen molar-refractivity contribution < 1.29 is 13.9 Å². The molecule has 0 bridgehead atoms. The average molecular weight is 282 g/mol. The Hall–Kier alpha value is -1.33. The van der Waals surface area contributed by atoms with E-state index in [9.17, 15) is 4.39 Å². The van der Waals surface area contributed by atoms with Crippen molar-refractivity contribution in [3.05, 3.63) is 36.5 Å². The maximum absolute atomic E-state index is 14.1. The van der Waals surface area contributed by atoms with Crippen LogP contribution in [-0.2, 0) is 9.47 Å². The SMILES string of the molecule is C=C(/C=C(/F)C(=C)N1CCNCC1)OCC1CCCO1. The number of nitrogens with one attached hydrogen (secondary N) is 1. The van der Waals surface area contributed by atoms with Crippen molar-refractivity contribution in [1.29, 1.82) is 0 Å². The summed E-state index contributed by atoms with van der Waals surface area (Å²) in [5, 5.41) is 3.22. The lowest BCUT2D eigenvalue weighted by atomic mass is 10.2. The lowest BCUT2D eigenvalue weighted by Crippen LogP contribution is -2.42. The van der Waals surface area contributed by atoms with Crippen molar-refractivity contribution in [1.82, 2.24) is 10.2 Å². The van der Waals surface area contributed by atoms with Gasteiger partial charge < -0.3 is 19.7 Å². The van der Waals surface area contributed by atoms with E-state index in [1.165, 1.54) is 6.08 Å². The number of allylic oxidation sites excluding steroid dienone is 2. The maximum atomic E-state index is 14.1. The van der Waals surface area contributed by atoms with Crippen molar-refractivity contribution in [2.45, 2.75) is 18.9 Å². The molecular weight excluding hydrogens is 259 g/mol. The Balaban J connectivity index is 1.78. The van der Waals surface area contributed by atoms with Crippen LogP contribution in [0, 0.1) is 0 Å². The van der Waals surface area contributed by atoms with Gasteiger partial charge in [-0.1, -0.05) is 13.2 Å². The second kappa shape index (κ2) is 7.45. The van der Waals surface area contributed by atoms with Crippen LogP contribution < -0.4 is 5.32 Å². The first-order valence-corrected chi connectivity index (χ1v) is 7.12. The summed E-state index contributed by atoms with van der Waals surface area (Å²) in [6.45, 7) is 12.0. The molecule has 0 aliphatic carbocycles. The largest absolute Gasteiger partial charge is 0.491 e. The van der Waals surface area contributed by atoms with Crippen molar-refractivity contribution in [3.8, 4) is 0 Å². The van der Waals surface area contributed by atoms with E-state index in [0.29, 0.717) is 18.1 Å². The highest BCUT2D eigenvalue weighted by atomic mass is 19.1. The molecule has 2 aliphatic rings. The van der Waals surface area contributed by atoms with Gasteiger partial charge >= 0.3 is 0 Å². The minimum Gasteiger partial charge on any atom is -0.491 e. The molecule has 2 heterocycles. The van der Waals surface area contributed by atoms with Crippen LogP contribution in [0.4, 0.5) is 4.39 Å². The van der Waals surface area contributed by atoms with Gasteiger partial charge in [0.2, 0.25) is 0 Å². The van der Waals surface area contributed by atoms with E-state index in [1.54, 1.807) is 0 Å². The lowest BCUT2D eigenvalue weighted by Gasteiger charge is -2.30. The van der Waals surface area contributed by atoms with Crippen LogP contribution in [-0.4, -0.2) is 50.4 Å². The van der Waals surface area contributed by atoms with Gasteiger partial charge in [-0.05, 0) is 12.8 Å². The summed E-state index contributed by atoms with van der Waals surface area (Å²) in [7, 11) is 0. The summed E-state index contributed by atoms with van der Waals surface area (Å²) >= 11 is 0. The summed E-state index contributed by atoms with van der Waals surface area (Å²) in [5.74, 6) is -0.0708. The minimum absolute atomic E-state index is 0.111. The van der Waals surface area contributed by atoms with Gasteiger partial charge in [-0.25, -0.2) is 4.39 Å². The van der Waals surface area contributed by atoms with Gasteiger partial charge in [0.1, 0.15) is 18.2 Å². The van der Waals surface area contributed by atoms with Crippen LogP contribution in [0.2, 0.25) is 0 Å². The number of halogens is 1. The third kappa shape index (κ3) is 4.35. The monoisotopic (exact) mass is 282 g/mol. The zero-order valence-electron chi connectivity index (χ0n) is 11.9. The predicted octanol–water partition coefficient (Wildman–Crippen LogP) is 1.97. The quantitative estimate of drug-likeness (QED) is 0.596. The Labute approximate surface area is 119 Å². The Morgan fingerprint density at radius 3 is 2.80 bits per heavy atom. The first-order chi connectivity index (χ1) is 9.66. The number of hydrogen-bond donors (Lipinski definition) is 1. The standard InChI is InChI=1S/C15H23FN2O2/c1-12(20-11-14-4-3-9-19-14)10-15(16)13(2)18-7-5-17-6-8-18/h10,14,17H,1-9,11H2/b15-10+. The fourth-order valence-electron chi connectivity index (χ4n) is 2.33. The third-order valence-electron chi connectivity index (χ3n) is 3.54. The maximum Gasteiger partial charge on any atom is 0.149 e. The van der Waals surface area contributed by atoms with Crippen molar-refractivity contribution >= 4 is 0 Å². The molecule has 0 saturated carbocycles. The molecule has 0 aromatic heterocycles. The van der Waals surface area contributed by atoms with E-state index in [0.717, 1.165) is 45.6 Å². The molecule has 0 amide bonds. The Kier molecular flexibility index (Phi) is 5.61. The van der Waals surface area contributed by atoms with Crippen LogP contribution in [0.15, 0.2) is 36.5 Å². The number of piperazine rings is 1. The molecule has 2 aliphatic heterocycles. The topological polar surface area (TPSA) is 33.7 Å². The van der Waals surface area contributed by atoms with E-state index in [2.05, 4.69) is 18.5 Å². The smallest absolute Gasteiger partial charge is 0.149 e. The van der Waals surface area contributed by atoms with E-state index in [4.69, 9.17) is 9.47 Å². The molecule has 4 nitrogen and oxygen atoms in total. The van der Waals surface area contributed by atoms with E-state index in [-0.39, 0.29) is 11.9 Å². The molecule has 1 unspecified atom stereocenters. The molecule has 0 aromatic carbocycles. The zero-order chi connectivity index (χ0) is 14.4. The molecule has 2 fully saturated rings. The number of ether oxygens (including phenoxy) is 2. The fraction of sp³-hybridized carbons (Fsp3) is 0.600. The summed E-state index contributed by atoms with van der Waals surface area (Å²) in [6, 6.07) is 0. The van der Waals surface area contributed by atoms with Gasteiger partial charge in [-0.3, -0.25) is 0 Å². The summed E-state index contributed by atoms with van der Waals surface area (Å²) in [5.41, 5.74) is 0.397. The molecule has 1 atom stereocenters. The van der Waals surface area contributed by atoms with Gasteiger partial charge in [0.15, 0.2) is 0 Å². The summed E-state index contributed by atoms with van der Waals surface area (Å²) in [4.78, 5) is 1.93. The van der Waals surface area contributed by atoms with E-state index >= 15 is 0 Å². The average Bonchev–Trinajstić information content (AvgIpc) is 2.98. The number of rotatable bonds is 6. The number of nitrogens with zero attached hydrogens (tertiary/aromatic N) is 1. The molecule has 0 aromatic rings. The number of hydrogen-bond acceptors (Lipinski definition) is 4. The second-order valence-corrected chi connectivity index (χ2v) is 5.09. The molecule has 2 saturated heterocycles. The second-order valence-electron chi connectivity index (χ2n) is 5.09. The van der Waals surface area contributed by atoms with Crippen LogP contribution in [0.3, 0.4) is 0 Å². The summed E-state index contributed by atoms with van der Waals surface area (Å²) < 4.78 is 24.9. The van der Waals surface area contributed by atoms with Crippen LogP contribution in [0.5, 0.6) is 0 Å². The highest BCUT2D eigenvalue weighted by Crippen LogP contribution is 2.18. The molecule has 0 radical (unpaired) electrons. The van der Waals surface area contributed by atoms with Crippen LogP contribution >= 0.6 is 0 Å². The molecule has 1 N–H and O–H groups in total. The highest BCUT2D eigenvalue weighted by molar-refractivity contribution is 5.27. The molecule has 112 valence electrons. The van der Waals surface area contributed by atoms with Gasteiger partial charge in [-0.2, -0.15) is 0 Å². The first-order valence-electron chi connectivity index (χ1n) is 7.12. The zero-order valence-corrected chi connectivity index (χ0v) is 11.9. The van der Waals surface area contributed by atoms with Crippen LogP contribution in [0.25, 0.3) is 0 Å². The van der Waals surface area contributed by atoms with Gasteiger partial charge in [-0.15, -0.1) is 0 Å². The molecule has 5 heteroatoms. The first kappa shape index (κ1) is 15.1. The Bertz CT molecular complexity index is 383. The molecular formula is C15H23FN2O2. The van der Waals surface area contributed by atoms with E-state index in [1.807, 2.05) is 4.90 Å². The molecule has 2 rings (SSSR count). The summed E-state index contributed by atoms with van der Waals surface area (Å²) in [6.07, 6.45) is 3.47. The van der Waals surface area contributed by atoms with Crippen molar-refractivity contribution in [2.24, 2.45) is 0 Å². The van der Waals surface area contributed by atoms with E-state index < -0.39 is 0 Å². The van der Waals surface area contributed by atoms with Gasteiger partial charge in [0.25, 0.3) is 0 Å². The Morgan fingerprint density at radius 2 is 2.15 bits per heavy atom. The minimum atomic E-state index is -0.385. The third-order valence-corrected chi connectivity index (χ3v) is 3.54. The van der Waals surface area contributed by atoms with Gasteiger partial charge in [0, 0.05) is 38.9 Å². The van der Waals surface area contributed by atoms with Crippen molar-refractivity contribution in [3.63, 3.8) is 0 Å². The fourth-order valence-corrected chi connectivity index (χ4v) is 2.33. The molecule has 0 spiro atoms. The van der Waals surface area contributed by atoms with Crippen molar-refractivity contribution in [2.75, 3.05) is 39.4 Å². The predicted molar refractivity (Wildman–Crippen MR) is 76.8 cm³/mol. The van der Waals surface area contributed by atoms with Crippen LogP contribution in [0.1, 0.15) is 12.8 Å². The lowest BCUT2D eigenvalue weighted by molar-refractivity contribution is 0.0462. The Morgan fingerprint density at radius 1 is 1.40 bits per heavy atom. The normalized spacial score (nSPS) is 23.8.